The molecule has 0 bridgehead atoms. The molecule has 0 amide bonds. The van der Waals surface area contributed by atoms with Crippen LogP contribution in [-0.4, -0.2) is 45.3 Å². The van der Waals surface area contributed by atoms with Gasteiger partial charge in [0.2, 0.25) is 0 Å². The van der Waals surface area contributed by atoms with Crippen LogP contribution in [0, 0.1) is 5.92 Å². The zero-order chi connectivity index (χ0) is 15.0. The lowest BCUT2D eigenvalue weighted by Crippen LogP contribution is -2.41. The van der Waals surface area contributed by atoms with Gasteiger partial charge in [0.05, 0.1) is 12.6 Å². The summed E-state index contributed by atoms with van der Waals surface area (Å²) in [6.45, 7) is 6.24. The molecule has 1 rings (SSSR count). The Morgan fingerprint density at radius 1 is 1.15 bits per heavy atom. The summed E-state index contributed by atoms with van der Waals surface area (Å²) in [5.41, 5.74) is 1.29. The van der Waals surface area contributed by atoms with Gasteiger partial charge >= 0.3 is 0 Å². The highest BCUT2D eigenvalue weighted by Crippen LogP contribution is 2.14. The number of ether oxygens (including phenoxy) is 1. The lowest BCUT2D eigenvalue weighted by molar-refractivity contribution is 0.158. The predicted octanol–water partition coefficient (Wildman–Crippen LogP) is 2.94. The van der Waals surface area contributed by atoms with E-state index >= 15 is 0 Å². The maximum atomic E-state index is 5.36. The summed E-state index contributed by atoms with van der Waals surface area (Å²) in [6.07, 6.45) is 1.20. The largest absolute Gasteiger partial charge is 0.383 e. The minimum absolute atomic E-state index is 0.260. The lowest BCUT2D eigenvalue weighted by Gasteiger charge is -2.29. The van der Waals surface area contributed by atoms with Gasteiger partial charge in [-0.05, 0) is 32.0 Å². The van der Waals surface area contributed by atoms with Crippen LogP contribution in [0.2, 0.25) is 0 Å². The van der Waals surface area contributed by atoms with Crippen LogP contribution in [0.15, 0.2) is 30.3 Å². The zero-order valence-electron chi connectivity index (χ0n) is 13.6. The molecule has 0 heterocycles. The Labute approximate surface area is 124 Å². The highest BCUT2D eigenvalue weighted by molar-refractivity contribution is 5.19. The van der Waals surface area contributed by atoms with Gasteiger partial charge in [0.25, 0.3) is 0 Å². The van der Waals surface area contributed by atoms with Crippen LogP contribution in [0.25, 0.3) is 0 Å². The first-order valence-electron chi connectivity index (χ1n) is 7.48. The molecule has 20 heavy (non-hydrogen) atoms. The third kappa shape index (κ3) is 6.04. The third-order valence-corrected chi connectivity index (χ3v) is 3.61. The van der Waals surface area contributed by atoms with Crippen LogP contribution in [0.3, 0.4) is 0 Å². The third-order valence-electron chi connectivity index (χ3n) is 3.61. The summed E-state index contributed by atoms with van der Waals surface area (Å²) >= 11 is 0. The van der Waals surface area contributed by atoms with E-state index in [1.54, 1.807) is 7.11 Å². The van der Waals surface area contributed by atoms with Gasteiger partial charge in [0, 0.05) is 19.7 Å². The first kappa shape index (κ1) is 17.2. The van der Waals surface area contributed by atoms with Gasteiger partial charge in [-0.3, -0.25) is 0 Å². The molecule has 0 aliphatic heterocycles. The number of benzene rings is 1. The van der Waals surface area contributed by atoms with E-state index < -0.39 is 0 Å². The minimum Gasteiger partial charge on any atom is -0.383 e. The Morgan fingerprint density at radius 2 is 1.80 bits per heavy atom. The highest BCUT2D eigenvalue weighted by atomic mass is 16.5. The maximum absolute atomic E-state index is 5.36. The fourth-order valence-electron chi connectivity index (χ4n) is 2.42. The number of hydrogen-bond acceptors (Lipinski definition) is 3. The maximum Gasteiger partial charge on any atom is 0.0657 e. The second kappa shape index (κ2) is 9.11. The average molecular weight is 278 g/mol. The molecule has 0 radical (unpaired) electrons. The van der Waals surface area contributed by atoms with Crippen LogP contribution >= 0.6 is 0 Å². The molecule has 3 heteroatoms. The Kier molecular flexibility index (Phi) is 7.82. The lowest BCUT2D eigenvalue weighted by atomic mass is 10.0. The summed E-state index contributed by atoms with van der Waals surface area (Å²) in [5, 5.41) is 3.66. The summed E-state index contributed by atoms with van der Waals surface area (Å²) in [6, 6.07) is 11.3. The molecule has 1 aromatic carbocycles. The van der Waals surface area contributed by atoms with E-state index in [0.29, 0.717) is 18.6 Å². The molecule has 1 aromatic rings. The van der Waals surface area contributed by atoms with Crippen molar-refractivity contribution in [2.24, 2.45) is 5.92 Å². The molecule has 0 saturated carbocycles. The van der Waals surface area contributed by atoms with Crippen molar-refractivity contribution in [1.82, 2.24) is 10.2 Å². The monoisotopic (exact) mass is 278 g/mol. The van der Waals surface area contributed by atoms with Crippen molar-refractivity contribution in [1.29, 1.82) is 0 Å². The van der Waals surface area contributed by atoms with Crippen LogP contribution < -0.4 is 5.32 Å². The summed E-state index contributed by atoms with van der Waals surface area (Å²) in [4.78, 5) is 2.31. The topological polar surface area (TPSA) is 24.5 Å². The zero-order valence-corrected chi connectivity index (χ0v) is 13.6. The Morgan fingerprint density at radius 3 is 2.30 bits per heavy atom. The number of nitrogens with zero attached hydrogens (tertiary/aromatic N) is 1. The summed E-state index contributed by atoms with van der Waals surface area (Å²) in [5.74, 6) is 0.710. The van der Waals surface area contributed by atoms with E-state index in [1.807, 2.05) is 0 Å². The molecule has 0 spiro atoms. The molecule has 0 aromatic heterocycles. The summed E-state index contributed by atoms with van der Waals surface area (Å²) in [7, 11) is 6.07. The first-order valence-corrected chi connectivity index (χ1v) is 7.48. The van der Waals surface area contributed by atoms with Gasteiger partial charge in [0.1, 0.15) is 0 Å². The molecule has 3 nitrogen and oxygen atoms in total. The van der Waals surface area contributed by atoms with Crippen molar-refractivity contribution < 1.29 is 4.74 Å². The molecule has 114 valence electrons. The Balaban J connectivity index is 2.61. The fraction of sp³-hybridized carbons (Fsp3) is 0.647. The number of hydrogen-bond donors (Lipinski definition) is 1. The van der Waals surface area contributed by atoms with E-state index in [9.17, 15) is 0 Å². The average Bonchev–Trinajstić information content (AvgIpc) is 2.42. The standard InChI is InChI=1S/C17H30N2O/c1-14(2)11-16(19(3)4)12-18-17(13-20-5)15-9-7-6-8-10-15/h6-10,14,16-18H,11-13H2,1-5H3. The van der Waals surface area contributed by atoms with Crippen LogP contribution in [0.1, 0.15) is 31.9 Å². The summed E-state index contributed by atoms with van der Waals surface area (Å²) < 4.78 is 5.36. The minimum atomic E-state index is 0.260. The number of nitrogens with one attached hydrogen (secondary N) is 1. The van der Waals surface area contributed by atoms with Crippen molar-refractivity contribution in [3.63, 3.8) is 0 Å². The molecule has 1 N–H and O–H groups in total. The first-order chi connectivity index (χ1) is 9.54. The predicted molar refractivity (Wildman–Crippen MR) is 86.0 cm³/mol. The van der Waals surface area contributed by atoms with Gasteiger partial charge in [0.15, 0.2) is 0 Å². The highest BCUT2D eigenvalue weighted by Gasteiger charge is 2.16. The van der Waals surface area contributed by atoms with Gasteiger partial charge < -0.3 is 15.0 Å². The molecule has 0 saturated heterocycles. The molecular formula is C17H30N2O. The van der Waals surface area contributed by atoms with Gasteiger partial charge in [-0.1, -0.05) is 44.2 Å². The smallest absolute Gasteiger partial charge is 0.0657 e. The molecule has 2 unspecified atom stereocenters. The van der Waals surface area contributed by atoms with Crippen molar-refractivity contribution in [2.45, 2.75) is 32.4 Å². The number of methoxy groups -OCH3 is 1. The van der Waals surface area contributed by atoms with Crippen LogP contribution in [0.4, 0.5) is 0 Å². The van der Waals surface area contributed by atoms with E-state index in [4.69, 9.17) is 4.74 Å². The quantitative estimate of drug-likeness (QED) is 0.751. The normalized spacial score (nSPS) is 14.8. The second-order valence-electron chi connectivity index (χ2n) is 6.07. The van der Waals surface area contributed by atoms with Crippen molar-refractivity contribution in [3.05, 3.63) is 35.9 Å². The van der Waals surface area contributed by atoms with Crippen LogP contribution in [-0.2, 0) is 4.74 Å². The van der Waals surface area contributed by atoms with E-state index in [-0.39, 0.29) is 6.04 Å². The molecule has 0 fully saturated rings. The van der Waals surface area contributed by atoms with Gasteiger partial charge in [-0.15, -0.1) is 0 Å². The second-order valence-corrected chi connectivity index (χ2v) is 6.07. The number of likely N-dealkylation sites (N-methyl/N-ethyl adjacent to an activating group) is 1. The van der Waals surface area contributed by atoms with Crippen molar-refractivity contribution >= 4 is 0 Å². The van der Waals surface area contributed by atoms with Gasteiger partial charge in [-0.2, -0.15) is 0 Å². The molecule has 0 aliphatic carbocycles. The van der Waals surface area contributed by atoms with Gasteiger partial charge in [-0.25, -0.2) is 0 Å². The van der Waals surface area contributed by atoms with Crippen molar-refractivity contribution in [3.8, 4) is 0 Å². The van der Waals surface area contributed by atoms with E-state index in [0.717, 1.165) is 6.54 Å². The van der Waals surface area contributed by atoms with E-state index in [1.165, 1.54) is 12.0 Å². The SMILES string of the molecule is COCC(NCC(CC(C)C)N(C)C)c1ccccc1. The molecule has 2 atom stereocenters. The molecular weight excluding hydrogens is 248 g/mol. The van der Waals surface area contributed by atoms with E-state index in [2.05, 4.69) is 68.5 Å². The molecule has 0 aliphatic rings. The Hall–Kier alpha value is -0.900. The Bertz CT molecular complexity index is 351. The fourth-order valence-corrected chi connectivity index (χ4v) is 2.42. The number of rotatable bonds is 9. The van der Waals surface area contributed by atoms with Crippen molar-refractivity contribution in [2.75, 3.05) is 34.4 Å². The van der Waals surface area contributed by atoms with Crippen LogP contribution in [0.5, 0.6) is 0 Å².